The Hall–Kier alpha value is -6.17. The van der Waals surface area contributed by atoms with E-state index in [1.54, 1.807) is 0 Å². The molecule has 0 fully saturated rings. The standard InChI is InChI=1S/C47H37N3OSi/c1-32-16-14-25-41-44(32)48-46-49(39-23-11-12-24-40(39)50(41)46)33-28-30-36(31-29-33)52(34-17-6-4-7-18-34,35-19-8-5-9-20-35)43-27-15-22-38-45(43)51-42-26-13-10-21-37(42)47(38,2)3/h4-31H,1-3H3. The summed E-state index contributed by atoms with van der Waals surface area (Å²) >= 11 is 0. The number of para-hydroxylation sites is 5. The summed E-state index contributed by atoms with van der Waals surface area (Å²) in [6.07, 6.45) is 0. The first-order chi connectivity index (χ1) is 25.5. The number of rotatable bonds is 5. The second kappa shape index (κ2) is 11.4. The van der Waals surface area contributed by atoms with Crippen LogP contribution in [0.5, 0.6) is 11.5 Å². The van der Waals surface area contributed by atoms with E-state index in [2.05, 4.69) is 200 Å². The number of nitrogens with zero attached hydrogens (tertiary/aromatic N) is 3. The van der Waals surface area contributed by atoms with Gasteiger partial charge in [0.25, 0.3) is 0 Å². The summed E-state index contributed by atoms with van der Waals surface area (Å²) in [6.45, 7) is 6.78. The van der Waals surface area contributed by atoms with E-state index in [0.717, 1.165) is 45.0 Å². The Kier molecular flexibility index (Phi) is 6.73. The van der Waals surface area contributed by atoms with E-state index in [4.69, 9.17) is 9.72 Å². The molecule has 0 unspecified atom stereocenters. The molecule has 2 aromatic heterocycles. The van der Waals surface area contributed by atoms with Gasteiger partial charge in [-0.1, -0.05) is 147 Å². The lowest BCUT2D eigenvalue weighted by atomic mass is 9.76. The van der Waals surface area contributed by atoms with Gasteiger partial charge in [0, 0.05) is 22.2 Å². The van der Waals surface area contributed by atoms with Gasteiger partial charge in [0.15, 0.2) is 8.07 Å². The summed E-state index contributed by atoms with van der Waals surface area (Å²) in [7, 11) is -2.97. The van der Waals surface area contributed by atoms with Gasteiger partial charge in [-0.05, 0) is 69.6 Å². The second-order valence-electron chi connectivity index (χ2n) is 14.4. The predicted molar refractivity (Wildman–Crippen MR) is 217 cm³/mol. The first kappa shape index (κ1) is 30.6. The number of benzene rings is 7. The van der Waals surface area contributed by atoms with Crippen molar-refractivity contribution in [1.82, 2.24) is 14.0 Å². The zero-order valence-electron chi connectivity index (χ0n) is 29.4. The van der Waals surface area contributed by atoms with Crippen LogP contribution in [0, 0.1) is 6.92 Å². The number of aromatic nitrogens is 3. The van der Waals surface area contributed by atoms with Crippen molar-refractivity contribution in [2.24, 2.45) is 0 Å². The van der Waals surface area contributed by atoms with Crippen LogP contribution in [0.4, 0.5) is 0 Å². The molecule has 0 spiro atoms. The van der Waals surface area contributed by atoms with E-state index in [9.17, 15) is 0 Å². The molecule has 0 saturated carbocycles. The lowest BCUT2D eigenvalue weighted by molar-refractivity contribution is 0.421. The third-order valence-corrected chi connectivity index (χ3v) is 16.1. The lowest BCUT2D eigenvalue weighted by Crippen LogP contribution is -2.75. The normalized spacial score (nSPS) is 13.6. The van der Waals surface area contributed by atoms with Crippen molar-refractivity contribution in [2.45, 2.75) is 26.2 Å². The summed E-state index contributed by atoms with van der Waals surface area (Å²) in [6, 6.07) is 61.9. The maximum absolute atomic E-state index is 7.05. The molecule has 7 aromatic carbocycles. The average molecular weight is 688 g/mol. The molecule has 5 heteroatoms. The number of imidazole rings is 2. The highest BCUT2D eigenvalue weighted by Crippen LogP contribution is 2.47. The maximum Gasteiger partial charge on any atom is 0.220 e. The summed E-state index contributed by atoms with van der Waals surface area (Å²) in [4.78, 5) is 5.24. The van der Waals surface area contributed by atoms with Gasteiger partial charge >= 0.3 is 0 Å². The first-order valence-electron chi connectivity index (χ1n) is 18.0. The Bertz CT molecular complexity index is 2760. The highest BCUT2D eigenvalue weighted by molar-refractivity contribution is 7.20. The van der Waals surface area contributed by atoms with E-state index in [1.807, 2.05) is 0 Å². The molecular formula is C47H37N3OSi. The number of hydrogen-bond acceptors (Lipinski definition) is 2. The minimum atomic E-state index is -2.97. The molecule has 10 rings (SSSR count). The topological polar surface area (TPSA) is 31.5 Å². The first-order valence-corrected chi connectivity index (χ1v) is 20.0. The summed E-state index contributed by atoms with van der Waals surface area (Å²) in [5.74, 6) is 2.82. The average Bonchev–Trinajstić information content (AvgIpc) is 3.73. The fourth-order valence-corrected chi connectivity index (χ4v) is 13.6. The summed E-state index contributed by atoms with van der Waals surface area (Å²) in [5, 5.41) is 5.17. The predicted octanol–water partition coefficient (Wildman–Crippen LogP) is 8.55. The van der Waals surface area contributed by atoms with Crippen molar-refractivity contribution in [2.75, 3.05) is 0 Å². The molecule has 1 aliphatic rings. The van der Waals surface area contributed by atoms with Crippen LogP contribution in [0.25, 0.3) is 33.5 Å². The molecule has 0 bridgehead atoms. The number of hydrogen-bond donors (Lipinski definition) is 0. The third-order valence-electron chi connectivity index (χ3n) is 11.3. The quantitative estimate of drug-likeness (QED) is 0.134. The van der Waals surface area contributed by atoms with Crippen molar-refractivity contribution >= 4 is 56.7 Å². The zero-order chi connectivity index (χ0) is 35.0. The van der Waals surface area contributed by atoms with Crippen molar-refractivity contribution in [1.29, 1.82) is 0 Å². The van der Waals surface area contributed by atoms with Gasteiger partial charge in [0.05, 0.1) is 22.1 Å². The van der Waals surface area contributed by atoms with Crippen molar-refractivity contribution in [3.63, 3.8) is 0 Å². The number of fused-ring (bicyclic) bond motifs is 7. The van der Waals surface area contributed by atoms with E-state index < -0.39 is 8.07 Å². The highest BCUT2D eigenvalue weighted by atomic mass is 28.3. The molecular weight excluding hydrogens is 651 g/mol. The molecule has 250 valence electrons. The van der Waals surface area contributed by atoms with Crippen LogP contribution in [0.1, 0.15) is 30.5 Å². The molecule has 0 atom stereocenters. The molecule has 0 N–H and O–H groups in total. The Morgan fingerprint density at radius 2 is 1.12 bits per heavy atom. The SMILES string of the molecule is Cc1cccc2c1nc1n(-c3ccc([Si](c4ccccc4)(c4ccccc4)c4cccc5c4Oc4ccccc4C5(C)C)cc3)c3ccccc3n21. The highest BCUT2D eigenvalue weighted by Gasteiger charge is 2.46. The molecule has 0 aliphatic carbocycles. The molecule has 0 amide bonds. The minimum Gasteiger partial charge on any atom is -0.457 e. The van der Waals surface area contributed by atoms with E-state index in [1.165, 1.54) is 37.4 Å². The van der Waals surface area contributed by atoms with Crippen LogP contribution < -0.4 is 25.5 Å². The number of ether oxygens (including phenoxy) is 1. The molecule has 1 aliphatic heterocycles. The second-order valence-corrected chi connectivity index (χ2v) is 18.2. The number of aryl methyl sites for hydroxylation is 1. The van der Waals surface area contributed by atoms with E-state index >= 15 is 0 Å². The van der Waals surface area contributed by atoms with Gasteiger partial charge in [0.2, 0.25) is 5.78 Å². The van der Waals surface area contributed by atoms with Gasteiger partial charge < -0.3 is 4.74 Å². The fraction of sp³-hybridized carbons (Fsp3) is 0.0851. The summed E-state index contributed by atoms with van der Waals surface area (Å²) in [5.41, 5.74) is 8.87. The van der Waals surface area contributed by atoms with Crippen LogP contribution >= 0.6 is 0 Å². The molecule has 0 radical (unpaired) electrons. The summed E-state index contributed by atoms with van der Waals surface area (Å²) < 4.78 is 11.7. The Morgan fingerprint density at radius 3 is 1.85 bits per heavy atom. The van der Waals surface area contributed by atoms with Crippen molar-refractivity contribution < 1.29 is 4.74 Å². The van der Waals surface area contributed by atoms with Gasteiger partial charge in [-0.25, -0.2) is 4.98 Å². The Balaban J connectivity index is 1.25. The fourth-order valence-electron chi connectivity index (χ4n) is 8.78. The molecule has 52 heavy (non-hydrogen) atoms. The van der Waals surface area contributed by atoms with Crippen LogP contribution in [0.3, 0.4) is 0 Å². The molecule has 9 aromatic rings. The molecule has 4 nitrogen and oxygen atoms in total. The monoisotopic (exact) mass is 687 g/mol. The van der Waals surface area contributed by atoms with Gasteiger partial charge in [-0.15, -0.1) is 0 Å². The smallest absolute Gasteiger partial charge is 0.220 e. The lowest BCUT2D eigenvalue weighted by Gasteiger charge is -2.40. The Morgan fingerprint density at radius 1 is 0.538 bits per heavy atom. The third kappa shape index (κ3) is 4.23. The van der Waals surface area contributed by atoms with E-state index in [-0.39, 0.29) is 5.41 Å². The van der Waals surface area contributed by atoms with Crippen LogP contribution in [-0.4, -0.2) is 22.0 Å². The van der Waals surface area contributed by atoms with Crippen LogP contribution in [0.15, 0.2) is 170 Å². The van der Waals surface area contributed by atoms with Crippen molar-refractivity contribution in [3.8, 4) is 17.2 Å². The van der Waals surface area contributed by atoms with Gasteiger partial charge in [0.1, 0.15) is 11.5 Å². The maximum atomic E-state index is 7.05. The minimum absolute atomic E-state index is 0.232. The largest absolute Gasteiger partial charge is 0.457 e. The zero-order valence-corrected chi connectivity index (χ0v) is 30.4. The van der Waals surface area contributed by atoms with Crippen LogP contribution in [0.2, 0.25) is 0 Å². The molecule has 3 heterocycles. The van der Waals surface area contributed by atoms with Crippen molar-refractivity contribution in [3.05, 3.63) is 187 Å². The van der Waals surface area contributed by atoms with Gasteiger partial charge in [-0.3, -0.25) is 8.97 Å². The van der Waals surface area contributed by atoms with E-state index in [0.29, 0.717) is 0 Å². The van der Waals surface area contributed by atoms with Gasteiger partial charge in [-0.2, -0.15) is 0 Å². The van der Waals surface area contributed by atoms with Crippen LogP contribution in [-0.2, 0) is 5.41 Å². The Labute approximate surface area is 304 Å². The molecule has 0 saturated heterocycles.